The molecule has 1 amide bonds. The van der Waals surface area contributed by atoms with Crippen molar-refractivity contribution in [1.29, 1.82) is 0 Å². The number of rotatable bonds is 4. The van der Waals surface area contributed by atoms with Crippen LogP contribution in [-0.4, -0.2) is 40.4 Å². The molecule has 1 aliphatic rings. The smallest absolute Gasteiger partial charge is 0.221 e. The molecule has 8 heteroatoms. The van der Waals surface area contributed by atoms with Gasteiger partial charge in [0, 0.05) is 49.7 Å². The Hall–Kier alpha value is -1.87. The van der Waals surface area contributed by atoms with Gasteiger partial charge in [-0.15, -0.1) is 22.7 Å². The lowest BCUT2D eigenvalue weighted by Crippen LogP contribution is -2.33. The van der Waals surface area contributed by atoms with Crippen molar-refractivity contribution in [2.24, 2.45) is 5.73 Å². The minimum Gasteiger partial charge on any atom is -0.329 e. The van der Waals surface area contributed by atoms with Gasteiger partial charge in [0.15, 0.2) is 0 Å². The molecule has 130 valence electrons. The van der Waals surface area contributed by atoms with Crippen LogP contribution in [0.2, 0.25) is 0 Å². The average molecular weight is 374 g/mol. The van der Waals surface area contributed by atoms with Crippen LogP contribution < -0.4 is 11.1 Å². The van der Waals surface area contributed by atoms with Gasteiger partial charge in [0.1, 0.15) is 15.5 Å². The largest absolute Gasteiger partial charge is 0.329 e. The number of thiophene rings is 1. The van der Waals surface area contributed by atoms with Crippen LogP contribution in [0, 0.1) is 0 Å². The van der Waals surface area contributed by atoms with Crippen LogP contribution in [0.15, 0.2) is 18.5 Å². The molecule has 3 aromatic heterocycles. The summed E-state index contributed by atoms with van der Waals surface area (Å²) in [5.41, 5.74) is 9.01. The number of hydrogen-bond acceptors (Lipinski definition) is 7. The quantitative estimate of drug-likeness (QED) is 0.735. The van der Waals surface area contributed by atoms with E-state index in [1.54, 1.807) is 42.0 Å². The van der Waals surface area contributed by atoms with Crippen LogP contribution in [0.5, 0.6) is 0 Å². The summed E-state index contributed by atoms with van der Waals surface area (Å²) in [4.78, 5) is 24.3. The molecule has 0 radical (unpaired) electrons. The predicted octanol–water partition coefficient (Wildman–Crippen LogP) is 2.69. The molecule has 0 aliphatic carbocycles. The zero-order valence-electron chi connectivity index (χ0n) is 13.9. The maximum absolute atomic E-state index is 11.7. The molecule has 6 nitrogen and oxygen atoms in total. The fourth-order valence-corrected chi connectivity index (χ4v) is 5.60. The minimum absolute atomic E-state index is 0.0542. The van der Waals surface area contributed by atoms with E-state index < -0.39 is 0 Å². The van der Waals surface area contributed by atoms with Gasteiger partial charge in [-0.05, 0) is 18.1 Å². The lowest BCUT2D eigenvalue weighted by atomic mass is 10.0. The highest BCUT2D eigenvalue weighted by atomic mass is 32.1. The Labute approximate surface area is 153 Å². The lowest BCUT2D eigenvalue weighted by molar-refractivity contribution is -0.114. The van der Waals surface area contributed by atoms with Crippen molar-refractivity contribution in [3.05, 3.63) is 28.9 Å². The van der Waals surface area contributed by atoms with E-state index in [-0.39, 0.29) is 5.91 Å². The number of nitrogens with two attached hydrogens (primary N) is 1. The molecule has 4 rings (SSSR count). The van der Waals surface area contributed by atoms with Crippen LogP contribution >= 0.6 is 22.7 Å². The second kappa shape index (κ2) is 6.80. The van der Waals surface area contributed by atoms with Crippen LogP contribution in [0.3, 0.4) is 0 Å². The lowest BCUT2D eigenvalue weighted by Gasteiger charge is -2.26. The Morgan fingerprint density at radius 3 is 3.08 bits per heavy atom. The van der Waals surface area contributed by atoms with E-state index >= 15 is 0 Å². The summed E-state index contributed by atoms with van der Waals surface area (Å²) >= 11 is 3.31. The van der Waals surface area contributed by atoms with Crippen LogP contribution in [-0.2, 0) is 17.8 Å². The molecule has 0 aromatic carbocycles. The van der Waals surface area contributed by atoms with Crippen molar-refractivity contribution < 1.29 is 4.79 Å². The highest BCUT2D eigenvalue weighted by Crippen LogP contribution is 2.45. The molecule has 3 aromatic rings. The Kier molecular flexibility index (Phi) is 4.51. The molecule has 0 saturated carbocycles. The summed E-state index contributed by atoms with van der Waals surface area (Å²) in [7, 11) is 0. The molecular weight excluding hydrogens is 354 g/mol. The number of thiazole rings is 1. The third-order valence-electron chi connectivity index (χ3n) is 4.27. The number of hydrogen-bond donors (Lipinski definition) is 2. The molecule has 3 N–H and O–H groups in total. The Balaban J connectivity index is 1.81. The molecule has 25 heavy (non-hydrogen) atoms. The molecule has 0 fully saturated rings. The summed E-state index contributed by atoms with van der Waals surface area (Å²) in [6.07, 6.45) is 4.52. The highest BCUT2D eigenvalue weighted by molar-refractivity contribution is 7.22. The van der Waals surface area contributed by atoms with Crippen molar-refractivity contribution in [1.82, 2.24) is 14.9 Å². The van der Waals surface area contributed by atoms with Gasteiger partial charge in [-0.25, -0.2) is 4.98 Å². The van der Waals surface area contributed by atoms with Gasteiger partial charge in [0.05, 0.1) is 10.9 Å². The van der Waals surface area contributed by atoms with Crippen molar-refractivity contribution in [3.8, 4) is 10.6 Å². The van der Waals surface area contributed by atoms with E-state index in [0.717, 1.165) is 51.8 Å². The maximum Gasteiger partial charge on any atom is 0.221 e. The van der Waals surface area contributed by atoms with Gasteiger partial charge in [0.2, 0.25) is 5.91 Å². The van der Waals surface area contributed by atoms with Crippen LogP contribution in [0.4, 0.5) is 5.00 Å². The second-order valence-electron chi connectivity index (χ2n) is 6.07. The third kappa shape index (κ3) is 3.18. The molecule has 0 spiro atoms. The van der Waals surface area contributed by atoms with Crippen molar-refractivity contribution in [3.63, 3.8) is 0 Å². The number of carbonyl (C=O) groups excluding carboxylic acids is 1. The molecule has 1 aliphatic heterocycles. The number of aromatic nitrogens is 2. The normalized spacial score (nSPS) is 14.6. The number of pyridine rings is 1. The summed E-state index contributed by atoms with van der Waals surface area (Å²) in [5.74, 6) is -0.0542. The first kappa shape index (κ1) is 16.6. The minimum atomic E-state index is -0.0542. The summed E-state index contributed by atoms with van der Waals surface area (Å²) in [5, 5.41) is 4.86. The Morgan fingerprint density at radius 1 is 1.44 bits per heavy atom. The van der Waals surface area contributed by atoms with Crippen LogP contribution in [0.1, 0.15) is 17.4 Å². The zero-order chi connectivity index (χ0) is 17.4. The molecule has 0 bridgehead atoms. The monoisotopic (exact) mass is 373 g/mol. The Morgan fingerprint density at radius 2 is 2.32 bits per heavy atom. The molecule has 4 heterocycles. The van der Waals surface area contributed by atoms with Gasteiger partial charge >= 0.3 is 0 Å². The van der Waals surface area contributed by atoms with Crippen LogP contribution in [0.25, 0.3) is 20.8 Å². The fourth-order valence-electron chi connectivity index (χ4n) is 3.19. The van der Waals surface area contributed by atoms with E-state index in [4.69, 9.17) is 10.7 Å². The number of nitrogens with zero attached hydrogens (tertiary/aromatic N) is 3. The van der Waals surface area contributed by atoms with Gasteiger partial charge in [-0.3, -0.25) is 14.7 Å². The molecule has 0 saturated heterocycles. The second-order valence-corrected chi connectivity index (χ2v) is 8.20. The summed E-state index contributed by atoms with van der Waals surface area (Å²) in [6.45, 7) is 4.98. The third-order valence-corrected chi connectivity index (χ3v) is 6.46. The maximum atomic E-state index is 11.7. The predicted molar refractivity (Wildman–Crippen MR) is 103 cm³/mol. The first-order valence-corrected chi connectivity index (χ1v) is 9.84. The topological polar surface area (TPSA) is 84.1 Å². The van der Waals surface area contributed by atoms with E-state index in [2.05, 4.69) is 15.2 Å². The number of anilines is 1. The zero-order valence-corrected chi connectivity index (χ0v) is 15.5. The SMILES string of the molecule is CC(=O)Nc1sc2c(c1-c1nc3cnccc3s1)CCN(CCN)C2. The number of amides is 1. The average Bonchev–Trinajstić information content (AvgIpc) is 3.14. The number of fused-ring (bicyclic) bond motifs is 2. The first-order chi connectivity index (χ1) is 12.2. The van der Waals surface area contributed by atoms with E-state index in [0.29, 0.717) is 6.54 Å². The van der Waals surface area contributed by atoms with Crippen molar-refractivity contribution >= 4 is 43.8 Å². The van der Waals surface area contributed by atoms with Gasteiger partial charge in [-0.2, -0.15) is 0 Å². The van der Waals surface area contributed by atoms with Gasteiger partial charge < -0.3 is 11.1 Å². The van der Waals surface area contributed by atoms with E-state index in [1.807, 2.05) is 6.07 Å². The fraction of sp³-hybridized carbons (Fsp3) is 0.353. The number of nitrogens with one attached hydrogen (secondary N) is 1. The van der Waals surface area contributed by atoms with Crippen molar-refractivity contribution in [2.45, 2.75) is 19.9 Å². The summed E-state index contributed by atoms with van der Waals surface area (Å²) < 4.78 is 1.11. The van der Waals surface area contributed by atoms with E-state index in [9.17, 15) is 4.79 Å². The summed E-state index contributed by atoms with van der Waals surface area (Å²) in [6, 6.07) is 1.98. The van der Waals surface area contributed by atoms with Crippen molar-refractivity contribution in [2.75, 3.05) is 25.0 Å². The van der Waals surface area contributed by atoms with E-state index in [1.165, 1.54) is 10.4 Å². The Bertz CT molecular complexity index is 899. The van der Waals surface area contributed by atoms with Gasteiger partial charge in [-0.1, -0.05) is 0 Å². The standard InChI is InChI=1S/C17H19N5OS2/c1-10(23)20-16-15(17-21-12-8-19-5-2-13(12)24-17)11-3-6-22(7-4-18)9-14(11)25-16/h2,5,8H,3-4,6-7,9,18H2,1H3,(H,20,23). The number of carbonyl (C=O) groups is 1. The van der Waals surface area contributed by atoms with Gasteiger partial charge in [0.25, 0.3) is 0 Å². The molecule has 0 atom stereocenters. The highest BCUT2D eigenvalue weighted by Gasteiger charge is 2.27. The first-order valence-electron chi connectivity index (χ1n) is 8.21. The molecule has 0 unspecified atom stereocenters. The molecular formula is C17H19N5OS2.